The molecule has 6 atom stereocenters. The first-order valence-electron chi connectivity index (χ1n) is 11.3. The van der Waals surface area contributed by atoms with E-state index in [-0.39, 0.29) is 36.4 Å². The van der Waals surface area contributed by atoms with E-state index in [1.54, 1.807) is 20.8 Å². The van der Waals surface area contributed by atoms with Crippen molar-refractivity contribution in [2.75, 3.05) is 13.2 Å². The molecule has 0 aromatic rings. The van der Waals surface area contributed by atoms with E-state index < -0.39 is 66.4 Å². The molecule has 192 valence electrons. The second-order valence-corrected chi connectivity index (χ2v) is 9.28. The van der Waals surface area contributed by atoms with Crippen molar-refractivity contribution in [1.82, 2.24) is 0 Å². The number of hydrogen-bond donors (Lipinski definition) is 1. The number of rotatable bonds is 6. The molecule has 0 aromatic heterocycles. The maximum atomic E-state index is 12.8. The highest BCUT2D eigenvalue weighted by Crippen LogP contribution is 2.49. The lowest BCUT2D eigenvalue weighted by molar-refractivity contribution is -0.145. The third kappa shape index (κ3) is 5.96. The van der Waals surface area contributed by atoms with Crippen molar-refractivity contribution in [3.8, 4) is 0 Å². The Bertz CT molecular complexity index is 993. The van der Waals surface area contributed by atoms with Crippen LogP contribution in [0.1, 0.15) is 47.5 Å². The van der Waals surface area contributed by atoms with Crippen LogP contribution in [-0.2, 0) is 47.7 Å². The molecular formula is C24H30O11. The van der Waals surface area contributed by atoms with Crippen LogP contribution in [-0.4, -0.2) is 78.0 Å². The molecule has 0 radical (unpaired) electrons. The third-order valence-electron chi connectivity index (χ3n) is 6.36. The summed E-state index contributed by atoms with van der Waals surface area (Å²) in [4.78, 5) is 60.7. The molecule has 0 spiro atoms. The molecule has 1 aliphatic carbocycles. The summed E-state index contributed by atoms with van der Waals surface area (Å²) in [7, 11) is 0. The number of fused-ring (bicyclic) bond motifs is 3. The van der Waals surface area contributed by atoms with E-state index in [9.17, 15) is 29.1 Å². The van der Waals surface area contributed by atoms with Crippen LogP contribution in [0.3, 0.4) is 0 Å². The number of ketones is 1. The van der Waals surface area contributed by atoms with Crippen molar-refractivity contribution in [1.29, 1.82) is 0 Å². The van der Waals surface area contributed by atoms with Gasteiger partial charge in [-0.3, -0.25) is 14.4 Å². The first-order valence-corrected chi connectivity index (χ1v) is 11.3. The lowest BCUT2D eigenvalue weighted by Gasteiger charge is -2.28. The number of Topliss-reactive ketones (excluding diaryl/α,β-unsaturated/α-hetero) is 1. The molecule has 3 aliphatic rings. The Kier molecular flexibility index (Phi) is 7.80. The number of epoxide rings is 1. The summed E-state index contributed by atoms with van der Waals surface area (Å²) in [5.41, 5.74) is -0.497. The summed E-state index contributed by atoms with van der Waals surface area (Å²) >= 11 is 0. The van der Waals surface area contributed by atoms with Crippen LogP contribution < -0.4 is 0 Å². The minimum Gasteiger partial charge on any atom is -0.461 e. The van der Waals surface area contributed by atoms with E-state index in [1.807, 2.05) is 0 Å². The molecule has 1 saturated carbocycles. The van der Waals surface area contributed by atoms with Crippen LogP contribution in [0.25, 0.3) is 0 Å². The number of esters is 4. The SMILES string of the molecule is CC(=O)OCC1=C2[C@@H](OC(=O)/C=C(/C)COC(C)=O)C[C@H](C)C(=O)C[C@H](O)[C@@]3(C)O[C@H]3[C@H]2OC1=O. The number of carbonyl (C=O) groups is 5. The molecule has 11 heteroatoms. The molecule has 0 unspecified atom stereocenters. The second-order valence-electron chi connectivity index (χ2n) is 9.28. The molecule has 35 heavy (non-hydrogen) atoms. The standard InChI is InChI=1S/C24H30O11/c1-11(9-31-13(3)25)6-19(29)33-17-7-12(2)16(27)8-18(28)24(5)22(35-24)21-20(17)15(23(30)34-21)10-32-14(4)26/h6,12,17-18,21-22,28H,7-10H2,1-5H3/b11-6-/t12-,17-,18-,21-,22-,24+/m0/s1. The van der Waals surface area contributed by atoms with Crippen molar-refractivity contribution >= 4 is 29.7 Å². The highest BCUT2D eigenvalue weighted by atomic mass is 16.7. The predicted molar refractivity (Wildman–Crippen MR) is 116 cm³/mol. The summed E-state index contributed by atoms with van der Waals surface area (Å²) in [5, 5.41) is 10.6. The topological polar surface area (TPSA) is 155 Å². The zero-order chi connectivity index (χ0) is 26.1. The lowest BCUT2D eigenvalue weighted by Crippen LogP contribution is -2.41. The van der Waals surface area contributed by atoms with E-state index >= 15 is 0 Å². The van der Waals surface area contributed by atoms with Crippen LogP contribution in [0.2, 0.25) is 0 Å². The molecule has 0 amide bonds. The van der Waals surface area contributed by atoms with Crippen molar-refractivity contribution in [3.63, 3.8) is 0 Å². The Morgan fingerprint density at radius 3 is 2.43 bits per heavy atom. The van der Waals surface area contributed by atoms with E-state index in [1.165, 1.54) is 13.8 Å². The number of aliphatic hydroxyl groups excluding tert-OH is 1. The molecule has 11 nitrogen and oxygen atoms in total. The molecular weight excluding hydrogens is 464 g/mol. The monoisotopic (exact) mass is 494 g/mol. The Hall–Kier alpha value is -3.05. The number of carbonyl (C=O) groups excluding carboxylic acids is 5. The van der Waals surface area contributed by atoms with Crippen LogP contribution in [0, 0.1) is 5.92 Å². The van der Waals surface area contributed by atoms with Gasteiger partial charge in [0.25, 0.3) is 0 Å². The average Bonchev–Trinajstić information content (AvgIpc) is 3.34. The molecule has 3 rings (SSSR count). The van der Waals surface area contributed by atoms with E-state index in [0.29, 0.717) is 5.57 Å². The molecule has 1 saturated heterocycles. The van der Waals surface area contributed by atoms with Gasteiger partial charge in [-0.15, -0.1) is 0 Å². The summed E-state index contributed by atoms with van der Waals surface area (Å²) < 4.78 is 26.8. The number of hydrogen-bond acceptors (Lipinski definition) is 11. The van der Waals surface area contributed by atoms with Crippen LogP contribution >= 0.6 is 0 Å². The van der Waals surface area contributed by atoms with Gasteiger partial charge in [-0.1, -0.05) is 6.92 Å². The fourth-order valence-corrected chi connectivity index (χ4v) is 4.25. The van der Waals surface area contributed by atoms with Crippen molar-refractivity contribution in [2.24, 2.45) is 5.92 Å². The largest absolute Gasteiger partial charge is 0.461 e. The maximum absolute atomic E-state index is 12.8. The molecule has 0 bridgehead atoms. The number of aliphatic hydroxyl groups is 1. The lowest BCUT2D eigenvalue weighted by atomic mass is 9.82. The second kappa shape index (κ2) is 10.3. The van der Waals surface area contributed by atoms with Gasteiger partial charge in [-0.2, -0.15) is 0 Å². The smallest absolute Gasteiger partial charge is 0.338 e. The van der Waals surface area contributed by atoms with Crippen molar-refractivity contribution in [2.45, 2.75) is 77.5 Å². The molecule has 2 aliphatic heterocycles. The first kappa shape index (κ1) is 26.6. The van der Waals surface area contributed by atoms with Gasteiger partial charge in [-0.05, 0) is 25.8 Å². The molecule has 0 aromatic carbocycles. The summed E-state index contributed by atoms with van der Waals surface area (Å²) in [5.74, 6) is -3.59. The molecule has 2 fully saturated rings. The Balaban J connectivity index is 1.98. The van der Waals surface area contributed by atoms with Crippen molar-refractivity contribution < 1.29 is 52.8 Å². The van der Waals surface area contributed by atoms with Gasteiger partial charge >= 0.3 is 23.9 Å². The van der Waals surface area contributed by atoms with Gasteiger partial charge in [0.1, 0.15) is 36.8 Å². The highest BCUT2D eigenvalue weighted by molar-refractivity contribution is 5.94. The third-order valence-corrected chi connectivity index (χ3v) is 6.36. The zero-order valence-electron chi connectivity index (χ0n) is 20.3. The van der Waals surface area contributed by atoms with Crippen LogP contribution in [0.4, 0.5) is 0 Å². The van der Waals surface area contributed by atoms with Gasteiger partial charge in [0.05, 0.1) is 11.7 Å². The Morgan fingerprint density at radius 2 is 1.80 bits per heavy atom. The van der Waals surface area contributed by atoms with Crippen LogP contribution in [0.15, 0.2) is 22.8 Å². The quantitative estimate of drug-likeness (QED) is 0.240. The highest BCUT2D eigenvalue weighted by Gasteiger charge is 2.65. The number of ether oxygens (including phenoxy) is 5. The fourth-order valence-electron chi connectivity index (χ4n) is 4.25. The Labute approximate surface area is 202 Å². The van der Waals surface area contributed by atoms with E-state index in [0.717, 1.165) is 6.08 Å². The fraction of sp³-hybridized carbons (Fsp3) is 0.625. The maximum Gasteiger partial charge on any atom is 0.338 e. The van der Waals surface area contributed by atoms with Gasteiger partial charge < -0.3 is 28.8 Å². The van der Waals surface area contributed by atoms with Gasteiger partial charge in [0, 0.05) is 37.8 Å². The normalized spacial score (nSPS) is 32.7. The summed E-state index contributed by atoms with van der Waals surface area (Å²) in [6.45, 7) is 6.71. The van der Waals surface area contributed by atoms with E-state index in [2.05, 4.69) is 0 Å². The summed E-state index contributed by atoms with van der Waals surface area (Å²) in [6.07, 6.45) is -3.00. The molecule has 2 heterocycles. The Morgan fingerprint density at radius 1 is 1.14 bits per heavy atom. The minimum atomic E-state index is -1.14. The predicted octanol–water partition coefficient (Wildman–Crippen LogP) is 0.710. The summed E-state index contributed by atoms with van der Waals surface area (Å²) in [6, 6.07) is 0. The van der Waals surface area contributed by atoms with Crippen molar-refractivity contribution in [3.05, 3.63) is 22.8 Å². The average molecular weight is 494 g/mol. The van der Waals surface area contributed by atoms with Crippen LogP contribution in [0.5, 0.6) is 0 Å². The van der Waals surface area contributed by atoms with Gasteiger partial charge in [0.2, 0.25) is 0 Å². The first-order chi connectivity index (χ1) is 16.3. The van der Waals surface area contributed by atoms with Gasteiger partial charge in [0.15, 0.2) is 6.10 Å². The van der Waals surface area contributed by atoms with E-state index in [4.69, 9.17) is 23.7 Å². The minimum absolute atomic E-state index is 0.00354. The van der Waals surface area contributed by atoms with Gasteiger partial charge in [-0.25, -0.2) is 9.59 Å². The zero-order valence-corrected chi connectivity index (χ0v) is 20.3. The molecule has 1 N–H and O–H groups in total.